The third-order valence-corrected chi connectivity index (χ3v) is 7.27. The number of hydrogen-bond donors (Lipinski definition) is 0. The topological polar surface area (TPSA) is 34.6 Å². The molecule has 0 unspecified atom stereocenters. The van der Waals surface area contributed by atoms with Crippen molar-refractivity contribution in [1.82, 2.24) is 9.88 Å². The molecule has 0 bridgehead atoms. The zero-order valence-electron chi connectivity index (χ0n) is 14.7. The summed E-state index contributed by atoms with van der Waals surface area (Å²) >= 11 is 1.87. The molecule has 25 heavy (non-hydrogen) atoms. The van der Waals surface area contributed by atoms with Crippen LogP contribution in [-0.4, -0.2) is 48.3 Å². The van der Waals surface area contributed by atoms with Gasteiger partial charge >= 0.3 is 0 Å². The van der Waals surface area contributed by atoms with E-state index in [1.54, 1.807) is 0 Å². The number of rotatable bonds is 3. The number of pyridine rings is 1. The molecule has 2 aromatic heterocycles. The zero-order valence-corrected chi connectivity index (χ0v) is 15.5. The van der Waals surface area contributed by atoms with Crippen molar-refractivity contribution in [3.8, 4) is 5.75 Å². The highest BCUT2D eigenvalue weighted by Gasteiger charge is 2.29. The smallest absolute Gasteiger partial charge is 0.131 e. The van der Waals surface area contributed by atoms with Gasteiger partial charge in [-0.25, -0.2) is 4.98 Å². The Labute approximate surface area is 153 Å². The summed E-state index contributed by atoms with van der Waals surface area (Å²) in [5.41, 5.74) is 1.52. The minimum Gasteiger partial charge on any atom is -0.490 e. The number of hydrogen-bond acceptors (Lipinski definition) is 5. The maximum absolute atomic E-state index is 6.51. The van der Waals surface area contributed by atoms with Crippen LogP contribution in [0, 0.1) is 0 Å². The summed E-state index contributed by atoms with van der Waals surface area (Å²) in [6.45, 7) is 3.99. The van der Waals surface area contributed by atoms with Crippen LogP contribution in [0.4, 0.5) is 0 Å². The maximum Gasteiger partial charge on any atom is 0.131 e. The second kappa shape index (κ2) is 6.86. The van der Waals surface area contributed by atoms with E-state index in [-0.39, 0.29) is 0 Å². The van der Waals surface area contributed by atoms with E-state index in [1.807, 2.05) is 17.5 Å². The van der Waals surface area contributed by atoms with Gasteiger partial charge in [-0.2, -0.15) is 0 Å². The van der Waals surface area contributed by atoms with Gasteiger partial charge in [0, 0.05) is 30.2 Å². The Morgan fingerprint density at radius 1 is 1.12 bits per heavy atom. The van der Waals surface area contributed by atoms with Crippen LogP contribution < -0.4 is 4.74 Å². The van der Waals surface area contributed by atoms with Gasteiger partial charge in [-0.3, -0.25) is 4.90 Å². The van der Waals surface area contributed by atoms with Crippen LogP contribution in [-0.2, 0) is 17.6 Å². The molecular formula is C20H26N2O2S. The van der Waals surface area contributed by atoms with Crippen LogP contribution in [0.2, 0.25) is 0 Å². The molecule has 0 aromatic carbocycles. The molecule has 2 fully saturated rings. The van der Waals surface area contributed by atoms with Gasteiger partial charge in [-0.05, 0) is 56.6 Å². The average Bonchev–Trinajstić information content (AvgIpc) is 3.24. The van der Waals surface area contributed by atoms with Crippen molar-refractivity contribution < 1.29 is 9.47 Å². The Morgan fingerprint density at radius 2 is 1.96 bits per heavy atom. The molecule has 1 aliphatic heterocycles. The molecule has 5 heteroatoms. The fraction of sp³-hybridized carbons (Fsp3) is 0.650. The molecule has 0 radical (unpaired) electrons. The third-order valence-electron chi connectivity index (χ3n) is 6.07. The largest absolute Gasteiger partial charge is 0.490 e. The normalized spacial score (nSPS) is 27.5. The lowest BCUT2D eigenvalue weighted by Crippen LogP contribution is -2.46. The van der Waals surface area contributed by atoms with E-state index in [1.165, 1.54) is 52.8 Å². The Hall–Kier alpha value is -1.17. The summed E-state index contributed by atoms with van der Waals surface area (Å²) in [7, 11) is 0. The lowest BCUT2D eigenvalue weighted by atomic mass is 9.91. The lowest BCUT2D eigenvalue weighted by molar-refractivity contribution is -0.000918. The number of thiophene rings is 1. The van der Waals surface area contributed by atoms with Crippen molar-refractivity contribution in [3.63, 3.8) is 0 Å². The highest BCUT2D eigenvalue weighted by atomic mass is 32.1. The summed E-state index contributed by atoms with van der Waals surface area (Å²) in [6.07, 6.45) is 10.8. The van der Waals surface area contributed by atoms with Crippen LogP contribution in [0.1, 0.15) is 42.5 Å². The first-order valence-corrected chi connectivity index (χ1v) is 10.6. The Balaban J connectivity index is 1.28. The van der Waals surface area contributed by atoms with Crippen molar-refractivity contribution >= 4 is 21.6 Å². The average molecular weight is 359 g/mol. The number of aryl methyl sites for hydroxylation is 2. The number of morpholine rings is 1. The van der Waals surface area contributed by atoms with Crippen LogP contribution in [0.5, 0.6) is 5.75 Å². The molecule has 1 saturated heterocycles. The first-order chi connectivity index (χ1) is 12.4. The molecule has 2 aliphatic carbocycles. The summed E-state index contributed by atoms with van der Waals surface area (Å²) in [5.74, 6) is 1.08. The minimum absolute atomic E-state index is 0.361. The molecule has 2 aromatic rings. The number of fused-ring (bicyclic) bond motifs is 3. The van der Waals surface area contributed by atoms with Crippen molar-refractivity contribution in [2.24, 2.45) is 0 Å². The van der Waals surface area contributed by atoms with Gasteiger partial charge in [-0.1, -0.05) is 0 Å². The molecule has 5 rings (SSSR count). The van der Waals surface area contributed by atoms with E-state index in [9.17, 15) is 0 Å². The molecule has 0 spiro atoms. The highest BCUT2D eigenvalue weighted by molar-refractivity contribution is 7.19. The second-order valence-electron chi connectivity index (χ2n) is 7.54. The first-order valence-electron chi connectivity index (χ1n) is 9.76. The molecule has 3 heterocycles. The number of nitrogens with zero attached hydrogens (tertiary/aromatic N) is 2. The van der Waals surface area contributed by atoms with Gasteiger partial charge in [0.15, 0.2) is 0 Å². The van der Waals surface area contributed by atoms with Crippen molar-refractivity contribution in [3.05, 3.63) is 22.7 Å². The van der Waals surface area contributed by atoms with Crippen LogP contribution in [0.25, 0.3) is 10.2 Å². The van der Waals surface area contributed by atoms with Gasteiger partial charge in [0.2, 0.25) is 0 Å². The SMILES string of the molecule is c1cc(O[C@H]2CC[C@H](N3CCOCC3)CC2)c2c3c(sc2n1)CCC3. The zero-order chi connectivity index (χ0) is 16.6. The molecule has 3 aliphatic rings. The van der Waals surface area contributed by atoms with Crippen LogP contribution in [0.3, 0.4) is 0 Å². The van der Waals surface area contributed by atoms with Crippen molar-refractivity contribution in [1.29, 1.82) is 0 Å². The van der Waals surface area contributed by atoms with Gasteiger partial charge in [-0.15, -0.1) is 11.3 Å². The molecule has 134 valence electrons. The van der Waals surface area contributed by atoms with Crippen LogP contribution >= 0.6 is 11.3 Å². The second-order valence-corrected chi connectivity index (χ2v) is 8.63. The van der Waals surface area contributed by atoms with Gasteiger partial charge in [0.25, 0.3) is 0 Å². The monoisotopic (exact) mass is 358 g/mol. The summed E-state index contributed by atoms with van der Waals surface area (Å²) in [4.78, 5) is 9.92. The maximum atomic E-state index is 6.51. The highest BCUT2D eigenvalue weighted by Crippen LogP contribution is 2.41. The summed E-state index contributed by atoms with van der Waals surface area (Å²) in [6, 6.07) is 2.81. The van der Waals surface area contributed by atoms with Gasteiger partial charge in [0.1, 0.15) is 10.6 Å². The Kier molecular flexibility index (Phi) is 4.40. The summed E-state index contributed by atoms with van der Waals surface area (Å²) in [5, 5.41) is 1.32. The Morgan fingerprint density at radius 3 is 2.80 bits per heavy atom. The fourth-order valence-electron chi connectivity index (χ4n) is 4.74. The first kappa shape index (κ1) is 16.0. The molecular weight excluding hydrogens is 332 g/mol. The Bertz CT molecular complexity index is 745. The predicted molar refractivity (Wildman–Crippen MR) is 101 cm³/mol. The van der Waals surface area contributed by atoms with Crippen LogP contribution in [0.15, 0.2) is 12.3 Å². The van der Waals surface area contributed by atoms with E-state index in [0.717, 1.165) is 50.9 Å². The van der Waals surface area contributed by atoms with E-state index >= 15 is 0 Å². The minimum atomic E-state index is 0.361. The molecule has 4 nitrogen and oxygen atoms in total. The lowest BCUT2D eigenvalue weighted by Gasteiger charge is -2.38. The van der Waals surface area contributed by atoms with E-state index < -0.39 is 0 Å². The fourth-order valence-corrected chi connectivity index (χ4v) is 5.99. The van der Waals surface area contributed by atoms with Crippen molar-refractivity contribution in [2.45, 2.75) is 57.1 Å². The standard InChI is InChI=1S/C20H26N2O2S/c1-2-16-18(3-1)25-20-19(16)17(8-9-21-20)24-15-6-4-14(5-7-15)22-10-12-23-13-11-22/h8-9,14-15H,1-7,10-13H2/t14-,15-. The van der Waals surface area contributed by atoms with E-state index in [2.05, 4.69) is 16.0 Å². The van der Waals surface area contributed by atoms with Gasteiger partial charge in [0.05, 0.1) is 24.7 Å². The predicted octanol–water partition coefficient (Wildman–Crippen LogP) is 3.81. The molecule has 0 amide bonds. The quantitative estimate of drug-likeness (QED) is 0.836. The van der Waals surface area contributed by atoms with Crippen molar-refractivity contribution in [2.75, 3.05) is 26.3 Å². The van der Waals surface area contributed by atoms with E-state index in [0.29, 0.717) is 6.10 Å². The van der Waals surface area contributed by atoms with E-state index in [4.69, 9.17) is 9.47 Å². The van der Waals surface area contributed by atoms with Gasteiger partial charge < -0.3 is 9.47 Å². The third kappa shape index (κ3) is 3.07. The molecule has 0 atom stereocenters. The number of ether oxygens (including phenoxy) is 2. The summed E-state index contributed by atoms with van der Waals surface area (Å²) < 4.78 is 12.0. The molecule has 1 saturated carbocycles. The molecule has 0 N–H and O–H groups in total. The number of aromatic nitrogens is 1.